The molecule has 6 heteroatoms. The summed E-state index contributed by atoms with van der Waals surface area (Å²) in [6.45, 7) is 0. The minimum atomic E-state index is 0.178. The van der Waals surface area contributed by atoms with Crippen molar-refractivity contribution in [3.63, 3.8) is 0 Å². The van der Waals surface area contributed by atoms with Crippen LogP contribution in [0.15, 0.2) is 40.9 Å². The van der Waals surface area contributed by atoms with E-state index in [9.17, 15) is 5.11 Å². The van der Waals surface area contributed by atoms with E-state index in [1.807, 2.05) is 12.1 Å². The highest BCUT2D eigenvalue weighted by molar-refractivity contribution is 9.10. The molecular formula is C12H7BrClN3O. The molecule has 1 aromatic heterocycles. The topological polar surface area (TPSA) is 50.9 Å². The van der Waals surface area contributed by atoms with Crippen molar-refractivity contribution < 1.29 is 5.11 Å². The summed E-state index contributed by atoms with van der Waals surface area (Å²) in [6.07, 6.45) is 0. The fraction of sp³-hybridized carbons (Fsp3) is 0. The lowest BCUT2D eigenvalue weighted by atomic mass is 10.2. The lowest BCUT2D eigenvalue weighted by molar-refractivity contribution is 0.475. The first kappa shape index (κ1) is 11.5. The molecule has 0 amide bonds. The molecule has 0 aliphatic heterocycles. The fourth-order valence-electron chi connectivity index (χ4n) is 1.77. The van der Waals surface area contributed by atoms with Crippen molar-refractivity contribution >= 4 is 38.6 Å². The van der Waals surface area contributed by atoms with Crippen LogP contribution in [0.3, 0.4) is 0 Å². The maximum absolute atomic E-state index is 9.50. The number of hydrogen-bond acceptors (Lipinski definition) is 3. The van der Waals surface area contributed by atoms with Gasteiger partial charge in [0.1, 0.15) is 11.3 Å². The van der Waals surface area contributed by atoms with Gasteiger partial charge in [-0.15, -0.1) is 5.10 Å². The molecule has 2 aromatic carbocycles. The van der Waals surface area contributed by atoms with Crippen LogP contribution in [0.25, 0.3) is 16.7 Å². The normalized spacial score (nSPS) is 11.0. The van der Waals surface area contributed by atoms with Crippen LogP contribution < -0.4 is 0 Å². The molecule has 0 aliphatic carbocycles. The number of nitrogens with zero attached hydrogens (tertiary/aromatic N) is 3. The van der Waals surface area contributed by atoms with Gasteiger partial charge >= 0.3 is 0 Å². The second-order valence-corrected chi connectivity index (χ2v) is 5.10. The molecule has 3 aromatic rings. The Hall–Kier alpha value is -1.59. The Morgan fingerprint density at radius 3 is 2.83 bits per heavy atom. The number of fused-ring (bicyclic) bond motifs is 1. The van der Waals surface area contributed by atoms with Crippen LogP contribution in [0.2, 0.25) is 5.02 Å². The second kappa shape index (κ2) is 4.26. The van der Waals surface area contributed by atoms with Crippen LogP contribution >= 0.6 is 27.5 Å². The van der Waals surface area contributed by atoms with E-state index < -0.39 is 0 Å². The smallest absolute Gasteiger partial charge is 0.132 e. The molecule has 1 N–H and O–H groups in total. The molecule has 0 unspecified atom stereocenters. The van der Waals surface area contributed by atoms with Gasteiger partial charge in [0.05, 0.1) is 16.2 Å². The van der Waals surface area contributed by atoms with Gasteiger partial charge in [0.15, 0.2) is 0 Å². The molecule has 0 aliphatic rings. The summed E-state index contributed by atoms with van der Waals surface area (Å²) in [5.74, 6) is 0.178. The van der Waals surface area contributed by atoms with Crippen molar-refractivity contribution in [3.05, 3.63) is 45.9 Å². The van der Waals surface area contributed by atoms with Crippen molar-refractivity contribution in [2.75, 3.05) is 0 Å². The Bertz CT molecular complexity index is 741. The van der Waals surface area contributed by atoms with Gasteiger partial charge in [0.25, 0.3) is 0 Å². The molecule has 18 heavy (non-hydrogen) atoms. The average molecular weight is 325 g/mol. The quantitative estimate of drug-likeness (QED) is 0.745. The third kappa shape index (κ3) is 1.85. The zero-order chi connectivity index (χ0) is 12.7. The maximum atomic E-state index is 9.50. The van der Waals surface area contributed by atoms with E-state index in [-0.39, 0.29) is 5.75 Å². The van der Waals surface area contributed by atoms with Crippen LogP contribution in [-0.4, -0.2) is 20.1 Å². The van der Waals surface area contributed by atoms with E-state index in [1.54, 1.807) is 28.9 Å². The molecule has 0 fully saturated rings. The van der Waals surface area contributed by atoms with Gasteiger partial charge in [-0.05, 0) is 24.3 Å². The number of phenolic OH excluding ortho intramolecular Hbond substituents is 1. The number of rotatable bonds is 1. The Kier molecular flexibility index (Phi) is 2.72. The van der Waals surface area contributed by atoms with Gasteiger partial charge < -0.3 is 5.11 Å². The molecule has 0 spiro atoms. The van der Waals surface area contributed by atoms with Crippen LogP contribution in [0.4, 0.5) is 0 Å². The predicted octanol–water partition coefficient (Wildman–Crippen LogP) is 3.54. The van der Waals surface area contributed by atoms with E-state index in [4.69, 9.17) is 11.6 Å². The summed E-state index contributed by atoms with van der Waals surface area (Å²) in [4.78, 5) is 0. The predicted molar refractivity (Wildman–Crippen MR) is 73.2 cm³/mol. The highest BCUT2D eigenvalue weighted by Crippen LogP contribution is 2.28. The van der Waals surface area contributed by atoms with E-state index >= 15 is 0 Å². The lowest BCUT2D eigenvalue weighted by Crippen LogP contribution is -1.95. The minimum Gasteiger partial charge on any atom is -0.508 e. The number of halogens is 2. The van der Waals surface area contributed by atoms with Gasteiger partial charge in [0, 0.05) is 10.5 Å². The van der Waals surface area contributed by atoms with Crippen molar-refractivity contribution in [1.82, 2.24) is 15.0 Å². The van der Waals surface area contributed by atoms with Crippen molar-refractivity contribution in [1.29, 1.82) is 0 Å². The zero-order valence-corrected chi connectivity index (χ0v) is 11.4. The summed E-state index contributed by atoms with van der Waals surface area (Å²) < 4.78 is 2.48. The summed E-state index contributed by atoms with van der Waals surface area (Å²) in [6, 6.07) is 10.4. The van der Waals surface area contributed by atoms with E-state index in [2.05, 4.69) is 26.2 Å². The second-order valence-electron chi connectivity index (χ2n) is 3.78. The van der Waals surface area contributed by atoms with Gasteiger partial charge in [-0.25, -0.2) is 4.68 Å². The fourth-order valence-corrected chi connectivity index (χ4v) is 2.60. The largest absolute Gasteiger partial charge is 0.508 e. The van der Waals surface area contributed by atoms with Crippen LogP contribution in [0.1, 0.15) is 0 Å². The summed E-state index contributed by atoms with van der Waals surface area (Å²) in [5, 5.41) is 18.1. The summed E-state index contributed by atoms with van der Waals surface area (Å²) in [7, 11) is 0. The zero-order valence-electron chi connectivity index (χ0n) is 9.01. The van der Waals surface area contributed by atoms with E-state index in [1.165, 1.54) is 0 Å². The molecule has 4 nitrogen and oxygen atoms in total. The SMILES string of the molecule is Oc1cccc(-n2nnc3c(Cl)cc(Br)cc32)c1. The summed E-state index contributed by atoms with van der Waals surface area (Å²) >= 11 is 9.49. The average Bonchev–Trinajstić information content (AvgIpc) is 2.72. The lowest BCUT2D eigenvalue weighted by Gasteiger charge is -2.03. The van der Waals surface area contributed by atoms with Crippen molar-refractivity contribution in [3.8, 4) is 11.4 Å². The van der Waals surface area contributed by atoms with Crippen LogP contribution in [0.5, 0.6) is 5.75 Å². The molecule has 1 heterocycles. The van der Waals surface area contributed by atoms with Crippen molar-refractivity contribution in [2.45, 2.75) is 0 Å². The Morgan fingerprint density at radius 2 is 2.06 bits per heavy atom. The van der Waals surface area contributed by atoms with Gasteiger partial charge in [-0.2, -0.15) is 0 Å². The number of phenols is 1. The molecule has 0 radical (unpaired) electrons. The van der Waals surface area contributed by atoms with Gasteiger partial charge in [-0.1, -0.05) is 38.8 Å². The molecule has 0 saturated carbocycles. The number of aromatic hydroxyl groups is 1. The Balaban J connectivity index is 2.30. The Morgan fingerprint density at radius 1 is 1.22 bits per heavy atom. The molecule has 0 atom stereocenters. The first-order valence-corrected chi connectivity index (χ1v) is 6.32. The van der Waals surface area contributed by atoms with E-state index in [0.29, 0.717) is 10.5 Å². The highest BCUT2D eigenvalue weighted by atomic mass is 79.9. The molecule has 3 rings (SSSR count). The third-order valence-electron chi connectivity index (χ3n) is 2.54. The monoisotopic (exact) mass is 323 g/mol. The number of benzene rings is 2. The molecular weight excluding hydrogens is 318 g/mol. The first-order chi connectivity index (χ1) is 8.65. The van der Waals surface area contributed by atoms with Gasteiger partial charge in [-0.3, -0.25) is 0 Å². The molecule has 90 valence electrons. The number of aromatic nitrogens is 3. The van der Waals surface area contributed by atoms with Crippen molar-refractivity contribution in [2.24, 2.45) is 0 Å². The third-order valence-corrected chi connectivity index (χ3v) is 3.29. The maximum Gasteiger partial charge on any atom is 0.132 e. The van der Waals surface area contributed by atoms with Gasteiger partial charge in [0.2, 0.25) is 0 Å². The summed E-state index contributed by atoms with van der Waals surface area (Å²) in [5.41, 5.74) is 2.13. The number of hydrogen-bond donors (Lipinski definition) is 1. The first-order valence-electron chi connectivity index (χ1n) is 5.15. The van der Waals surface area contributed by atoms with Crippen LogP contribution in [-0.2, 0) is 0 Å². The minimum absolute atomic E-state index is 0.178. The molecule has 0 saturated heterocycles. The molecule has 0 bridgehead atoms. The van der Waals surface area contributed by atoms with Crippen LogP contribution in [0, 0.1) is 0 Å². The highest BCUT2D eigenvalue weighted by Gasteiger charge is 2.11. The standard InChI is InChI=1S/C12H7BrClN3O/c13-7-4-10(14)12-11(5-7)17(16-15-12)8-2-1-3-9(18)6-8/h1-6,18H. The Labute approximate surface area is 116 Å². The van der Waals surface area contributed by atoms with E-state index in [0.717, 1.165) is 15.7 Å².